The molecule has 3 aliphatic rings. The molecular weight excluding hydrogens is 644 g/mol. The average molecular weight is 683 g/mol. The first-order chi connectivity index (χ1) is 22.8. The van der Waals surface area contributed by atoms with E-state index >= 15 is 0 Å². The molecule has 2 aromatic carbocycles. The molecule has 0 radical (unpaired) electrons. The quantitative estimate of drug-likeness (QED) is 0.156. The van der Waals surface area contributed by atoms with Crippen LogP contribution in [0.3, 0.4) is 0 Å². The van der Waals surface area contributed by atoms with Crippen molar-refractivity contribution in [2.75, 3.05) is 41.2 Å². The summed E-state index contributed by atoms with van der Waals surface area (Å²) in [6.45, 7) is -0.0435. The molecule has 17 nitrogen and oxygen atoms in total. The molecular formula is C31H38O17. The zero-order valence-electron chi connectivity index (χ0n) is 26.4. The van der Waals surface area contributed by atoms with Crippen molar-refractivity contribution in [3.05, 3.63) is 41.0 Å². The lowest BCUT2D eigenvalue weighted by Crippen LogP contribution is -2.60. The summed E-state index contributed by atoms with van der Waals surface area (Å²) in [5.41, 5.74) is -1.66. The lowest BCUT2D eigenvalue weighted by atomic mass is 9.97. The van der Waals surface area contributed by atoms with Gasteiger partial charge in [0.2, 0.25) is 12.0 Å². The van der Waals surface area contributed by atoms with Crippen LogP contribution < -0.4 is 18.9 Å². The fraction of sp³-hybridized carbons (Fsp3) is 0.548. The summed E-state index contributed by atoms with van der Waals surface area (Å²) in [5, 5.41) is 63.8. The first-order valence-corrected chi connectivity index (χ1v) is 14.8. The number of aliphatic hydroxyl groups excluding tert-OH is 4. The molecule has 2 saturated heterocycles. The molecule has 48 heavy (non-hydrogen) atoms. The topological polar surface area (TPSA) is 239 Å². The van der Waals surface area contributed by atoms with Gasteiger partial charge in [0.05, 0.1) is 40.1 Å². The lowest BCUT2D eigenvalue weighted by molar-refractivity contribution is -0.289. The van der Waals surface area contributed by atoms with Gasteiger partial charge in [-0.05, 0) is 30.7 Å². The van der Waals surface area contributed by atoms with Gasteiger partial charge in [-0.15, -0.1) is 0 Å². The zero-order chi connectivity index (χ0) is 34.9. The number of cyclic esters (lactones) is 1. The number of hydrogen-bond donors (Lipinski definition) is 6. The number of rotatable bonds is 11. The molecule has 0 saturated carbocycles. The second-order valence-corrected chi connectivity index (χ2v) is 11.6. The monoisotopic (exact) mass is 682 g/mol. The maximum absolute atomic E-state index is 12.8. The number of esters is 2. The van der Waals surface area contributed by atoms with Crippen molar-refractivity contribution in [1.29, 1.82) is 0 Å². The largest absolute Gasteiger partial charge is 0.507 e. The van der Waals surface area contributed by atoms with E-state index < -0.39 is 92.3 Å². The van der Waals surface area contributed by atoms with Crippen LogP contribution in [0.15, 0.2) is 24.3 Å². The summed E-state index contributed by atoms with van der Waals surface area (Å²) in [7, 11) is 4.14. The van der Waals surface area contributed by atoms with Gasteiger partial charge in [-0.1, -0.05) is 0 Å². The van der Waals surface area contributed by atoms with E-state index in [2.05, 4.69) is 0 Å². The molecule has 3 aliphatic heterocycles. The number of hydrogen-bond acceptors (Lipinski definition) is 17. The van der Waals surface area contributed by atoms with Crippen molar-refractivity contribution < 1.29 is 82.9 Å². The Hall–Kier alpha value is -3.94. The number of carbonyl (C=O) groups excluding carboxylic acids is 2. The van der Waals surface area contributed by atoms with Crippen LogP contribution in [-0.4, -0.2) is 139 Å². The SMILES string of the molecule is COc1cc(C(=O)OCC2(O)COC(OCC3OC(Oc4cc(O)c5c(c4)CC(C)OC5=O)C(O)C(O)C3O)C2O)cc(OC)c1OC. The Kier molecular flexibility index (Phi) is 10.5. The molecule has 17 heteroatoms. The number of methoxy groups -OCH3 is 3. The van der Waals surface area contributed by atoms with Gasteiger partial charge in [0.25, 0.3) is 0 Å². The predicted octanol–water partition coefficient (Wildman–Crippen LogP) is -0.972. The van der Waals surface area contributed by atoms with Gasteiger partial charge in [-0.25, -0.2) is 9.59 Å². The molecule has 0 aliphatic carbocycles. The van der Waals surface area contributed by atoms with Crippen molar-refractivity contribution in [3.8, 4) is 28.7 Å². The van der Waals surface area contributed by atoms with Crippen LogP contribution in [0.4, 0.5) is 0 Å². The zero-order valence-corrected chi connectivity index (χ0v) is 26.4. The fourth-order valence-electron chi connectivity index (χ4n) is 5.59. The molecule has 2 fully saturated rings. The first kappa shape index (κ1) is 35.4. The van der Waals surface area contributed by atoms with Crippen LogP contribution in [-0.2, 0) is 30.1 Å². The van der Waals surface area contributed by atoms with E-state index in [1.54, 1.807) is 6.92 Å². The molecule has 5 rings (SSSR count). The lowest BCUT2D eigenvalue weighted by Gasteiger charge is -2.40. The van der Waals surface area contributed by atoms with Gasteiger partial charge in [0.15, 0.2) is 23.4 Å². The molecule has 264 valence electrons. The van der Waals surface area contributed by atoms with E-state index in [1.807, 2.05) is 0 Å². The van der Waals surface area contributed by atoms with Crippen molar-refractivity contribution in [2.45, 2.75) is 68.1 Å². The highest BCUT2D eigenvalue weighted by Crippen LogP contribution is 2.39. The Morgan fingerprint density at radius 2 is 1.65 bits per heavy atom. The van der Waals surface area contributed by atoms with E-state index in [4.69, 9.17) is 42.6 Å². The van der Waals surface area contributed by atoms with Crippen molar-refractivity contribution in [1.82, 2.24) is 0 Å². The third-order valence-corrected chi connectivity index (χ3v) is 8.20. The minimum Gasteiger partial charge on any atom is -0.507 e. The van der Waals surface area contributed by atoms with Crippen LogP contribution in [0, 0.1) is 0 Å². The number of phenolic OH excluding ortho intramolecular Hbond substituents is 1. The van der Waals surface area contributed by atoms with E-state index in [9.17, 15) is 40.2 Å². The molecule has 9 unspecified atom stereocenters. The second-order valence-electron chi connectivity index (χ2n) is 11.6. The maximum Gasteiger partial charge on any atom is 0.342 e. The molecule has 0 spiro atoms. The van der Waals surface area contributed by atoms with Crippen LogP contribution in [0.25, 0.3) is 0 Å². The maximum atomic E-state index is 12.8. The summed E-state index contributed by atoms with van der Waals surface area (Å²) in [6, 6.07) is 5.28. The summed E-state index contributed by atoms with van der Waals surface area (Å²) >= 11 is 0. The number of fused-ring (bicyclic) bond motifs is 1. The Morgan fingerprint density at radius 1 is 0.958 bits per heavy atom. The average Bonchev–Trinajstić information content (AvgIpc) is 3.34. The standard InChI is InChI=1S/C31H38O17/c1-13-5-14-6-16(9-17(32)21(14)28(38)46-13)47-29-24(35)23(34)22(33)20(48-29)10-43-30-26(36)31(39,12-45-30)11-44-27(37)15-7-18(40-2)25(42-4)19(8-15)41-3/h6-9,13,20,22-24,26,29-30,32-36,39H,5,10-12H2,1-4H3. The molecule has 0 bridgehead atoms. The third kappa shape index (κ3) is 6.94. The Balaban J connectivity index is 1.19. The van der Waals surface area contributed by atoms with Crippen LogP contribution in [0.1, 0.15) is 33.2 Å². The van der Waals surface area contributed by atoms with Crippen molar-refractivity contribution >= 4 is 11.9 Å². The number of aliphatic hydroxyl groups is 5. The first-order valence-electron chi connectivity index (χ1n) is 14.8. The molecule has 9 atom stereocenters. The Labute approximate surface area is 274 Å². The van der Waals surface area contributed by atoms with Crippen molar-refractivity contribution in [3.63, 3.8) is 0 Å². The van der Waals surface area contributed by atoms with Crippen LogP contribution in [0.5, 0.6) is 28.7 Å². The molecule has 0 amide bonds. The Morgan fingerprint density at radius 3 is 2.29 bits per heavy atom. The molecule has 3 heterocycles. The van der Waals surface area contributed by atoms with Gasteiger partial charge in [0.1, 0.15) is 60.3 Å². The second kappa shape index (κ2) is 14.3. The van der Waals surface area contributed by atoms with Gasteiger partial charge < -0.3 is 73.3 Å². The highest BCUT2D eigenvalue weighted by molar-refractivity contribution is 5.95. The summed E-state index contributed by atoms with van der Waals surface area (Å²) in [5.74, 6) is -1.35. The van der Waals surface area contributed by atoms with Crippen molar-refractivity contribution in [2.24, 2.45) is 0 Å². The van der Waals surface area contributed by atoms with E-state index in [0.717, 1.165) is 6.07 Å². The van der Waals surface area contributed by atoms with Gasteiger partial charge in [-0.3, -0.25) is 0 Å². The van der Waals surface area contributed by atoms with Gasteiger partial charge in [0, 0.05) is 12.5 Å². The molecule has 0 aromatic heterocycles. The van der Waals surface area contributed by atoms with Crippen LogP contribution >= 0.6 is 0 Å². The third-order valence-electron chi connectivity index (χ3n) is 8.20. The minimum atomic E-state index is -2.09. The fourth-order valence-corrected chi connectivity index (χ4v) is 5.59. The minimum absolute atomic E-state index is 0.00106. The summed E-state index contributed by atoms with van der Waals surface area (Å²) < 4.78 is 48.4. The smallest absolute Gasteiger partial charge is 0.342 e. The van der Waals surface area contributed by atoms with Gasteiger partial charge >= 0.3 is 11.9 Å². The Bertz CT molecular complexity index is 1470. The number of aromatic hydroxyl groups is 1. The molecule has 2 aromatic rings. The number of phenols is 1. The number of ether oxygens (including phenoxy) is 9. The summed E-state index contributed by atoms with van der Waals surface area (Å²) in [6.07, 6.45) is -11.5. The summed E-state index contributed by atoms with van der Waals surface area (Å²) in [4.78, 5) is 25.0. The van der Waals surface area contributed by atoms with E-state index in [1.165, 1.54) is 39.5 Å². The molecule has 6 N–H and O–H groups in total. The number of benzene rings is 2. The van der Waals surface area contributed by atoms with E-state index in [0.29, 0.717) is 5.56 Å². The number of carbonyl (C=O) groups is 2. The predicted molar refractivity (Wildman–Crippen MR) is 157 cm³/mol. The normalized spacial score (nSPS) is 31.4. The van der Waals surface area contributed by atoms with Gasteiger partial charge in [-0.2, -0.15) is 0 Å². The highest BCUT2D eigenvalue weighted by Gasteiger charge is 2.51. The van der Waals surface area contributed by atoms with E-state index in [-0.39, 0.29) is 40.5 Å². The highest BCUT2D eigenvalue weighted by atomic mass is 16.7. The van der Waals surface area contributed by atoms with Crippen LogP contribution in [0.2, 0.25) is 0 Å².